The molecule has 0 bridgehead atoms. The van der Waals surface area contributed by atoms with Gasteiger partial charge in [-0.1, -0.05) is 41.5 Å². The van der Waals surface area contributed by atoms with Gasteiger partial charge < -0.3 is 20.1 Å². The fraction of sp³-hybridized carbons (Fsp3) is 0.895. The summed E-state index contributed by atoms with van der Waals surface area (Å²) in [5.41, 5.74) is 0. The highest BCUT2D eigenvalue weighted by Crippen LogP contribution is 2.15. The number of nitrogens with one attached hydrogen (secondary N) is 2. The molecule has 1 atom stereocenters. The number of hydrogen-bond donors (Lipinski definition) is 2. The molecule has 0 aliphatic heterocycles. The fourth-order valence-electron chi connectivity index (χ4n) is 1.80. The minimum atomic E-state index is -0.326. The summed E-state index contributed by atoms with van der Waals surface area (Å²) < 4.78 is 10.2. The predicted molar refractivity (Wildman–Crippen MR) is 109 cm³/mol. The first kappa shape index (κ1) is 28.7. The fourth-order valence-corrected chi connectivity index (χ4v) is 1.80. The van der Waals surface area contributed by atoms with Crippen LogP contribution in [0.1, 0.15) is 64.7 Å². The molecule has 1 unspecified atom stereocenters. The van der Waals surface area contributed by atoms with Crippen LogP contribution in [0.15, 0.2) is 0 Å². The van der Waals surface area contributed by atoms with Crippen LogP contribution in [0.5, 0.6) is 0 Å². The van der Waals surface area contributed by atoms with Crippen LogP contribution in [0.2, 0.25) is 0 Å². The van der Waals surface area contributed by atoms with Crippen molar-refractivity contribution >= 4 is 11.8 Å². The molecule has 25 heavy (non-hydrogen) atoms. The molecule has 2 N–H and O–H groups in total. The second kappa shape index (κ2) is 20.9. The third-order valence-electron chi connectivity index (χ3n) is 3.03. The third-order valence-corrected chi connectivity index (χ3v) is 3.03. The zero-order valence-corrected chi connectivity index (χ0v) is 17.9. The maximum Gasteiger partial charge on any atom is 0.223 e. The second-order valence-electron chi connectivity index (χ2n) is 5.61. The summed E-state index contributed by atoms with van der Waals surface area (Å²) in [6.45, 7) is 17.6. The Morgan fingerprint density at radius 2 is 1.44 bits per heavy atom. The summed E-state index contributed by atoms with van der Waals surface area (Å²) in [5, 5.41) is 5.56. The number of methoxy groups -OCH3 is 1. The molecule has 0 aliphatic carbocycles. The third kappa shape index (κ3) is 19.0. The van der Waals surface area contributed by atoms with Gasteiger partial charge in [0.25, 0.3) is 0 Å². The van der Waals surface area contributed by atoms with Crippen molar-refractivity contribution in [2.24, 2.45) is 11.8 Å². The molecule has 0 fully saturated rings. The molecule has 0 aromatic carbocycles. The van der Waals surface area contributed by atoms with Gasteiger partial charge in [-0.2, -0.15) is 0 Å². The molecule has 6 nitrogen and oxygen atoms in total. The van der Waals surface area contributed by atoms with Gasteiger partial charge in [0.05, 0.1) is 19.3 Å². The van der Waals surface area contributed by atoms with Crippen molar-refractivity contribution in [3.8, 4) is 0 Å². The highest BCUT2D eigenvalue weighted by Gasteiger charge is 2.24. The Kier molecular flexibility index (Phi) is 24.0. The Bertz CT molecular complexity index is 318. The smallest absolute Gasteiger partial charge is 0.223 e. The Morgan fingerprint density at radius 1 is 0.920 bits per heavy atom. The normalized spacial score (nSPS) is 11.0. The molecule has 0 heterocycles. The average Bonchev–Trinajstić information content (AvgIpc) is 2.59. The molecule has 6 heteroatoms. The van der Waals surface area contributed by atoms with Gasteiger partial charge in [-0.15, -0.1) is 0 Å². The van der Waals surface area contributed by atoms with E-state index in [4.69, 9.17) is 9.47 Å². The van der Waals surface area contributed by atoms with E-state index >= 15 is 0 Å². The maximum absolute atomic E-state index is 12.0. The van der Waals surface area contributed by atoms with E-state index in [1.165, 1.54) is 0 Å². The summed E-state index contributed by atoms with van der Waals surface area (Å²) >= 11 is 0. The average molecular weight is 367 g/mol. The lowest BCUT2D eigenvalue weighted by atomic mass is 9.91. The minimum Gasteiger partial charge on any atom is -0.383 e. The van der Waals surface area contributed by atoms with Crippen LogP contribution in [-0.2, 0) is 19.1 Å². The zero-order valence-electron chi connectivity index (χ0n) is 17.9. The largest absolute Gasteiger partial charge is 0.383 e. The number of carbonyl (C=O) groups is 2. The minimum absolute atomic E-state index is 0. The molecule has 0 radical (unpaired) electrons. The molecule has 0 spiro atoms. The maximum atomic E-state index is 12.0. The number of hydrogen-bond acceptors (Lipinski definition) is 4. The molecule has 0 saturated carbocycles. The quantitative estimate of drug-likeness (QED) is 0.549. The number of amides is 2. The summed E-state index contributed by atoms with van der Waals surface area (Å²) in [7, 11) is 1.58. The first-order valence-corrected chi connectivity index (χ1v) is 9.53. The van der Waals surface area contributed by atoms with Crippen LogP contribution >= 0.6 is 0 Å². The van der Waals surface area contributed by atoms with E-state index in [1.807, 2.05) is 55.4 Å². The van der Waals surface area contributed by atoms with E-state index in [2.05, 4.69) is 10.6 Å². The molecule has 156 valence electrons. The number of rotatable bonds is 11. The van der Waals surface area contributed by atoms with E-state index in [1.54, 1.807) is 7.11 Å². The van der Waals surface area contributed by atoms with Crippen molar-refractivity contribution in [2.75, 3.05) is 33.4 Å². The van der Waals surface area contributed by atoms with Gasteiger partial charge in [-0.25, -0.2) is 0 Å². The monoisotopic (exact) mass is 366 g/mol. The lowest BCUT2D eigenvalue weighted by Crippen LogP contribution is -2.39. The molecule has 0 aliphatic rings. The molecule has 2 amide bonds. The van der Waals surface area contributed by atoms with Gasteiger partial charge in [0, 0.05) is 35.4 Å². The van der Waals surface area contributed by atoms with Crippen molar-refractivity contribution in [2.45, 2.75) is 67.9 Å². The Balaban J connectivity index is -0.000000250. The molecule has 0 aromatic heterocycles. The van der Waals surface area contributed by atoms with Crippen LogP contribution in [0.4, 0.5) is 0 Å². The highest BCUT2D eigenvalue weighted by molar-refractivity contribution is 5.85. The van der Waals surface area contributed by atoms with Crippen LogP contribution in [0.3, 0.4) is 0 Å². The molecular weight excluding hydrogens is 320 g/mol. The number of ether oxygens (including phenoxy) is 2. The van der Waals surface area contributed by atoms with Crippen molar-refractivity contribution in [1.29, 1.82) is 0 Å². The highest BCUT2D eigenvalue weighted by atomic mass is 16.5. The Labute approximate surface area is 158 Å². The number of carbonyl (C=O) groups excluding carboxylic acids is 2. The SMILES string of the molecule is CC.CC.COCCNC(=O)C(CC(=O)NCCOC(C)C)C(C)C.[HH].[HH]. The molecule has 0 saturated heterocycles. The lowest BCUT2D eigenvalue weighted by Gasteiger charge is -2.20. The van der Waals surface area contributed by atoms with Gasteiger partial charge in [-0.05, 0) is 19.8 Å². The van der Waals surface area contributed by atoms with Crippen LogP contribution in [-0.4, -0.2) is 51.3 Å². The first-order valence-electron chi connectivity index (χ1n) is 9.53. The van der Waals surface area contributed by atoms with Crippen molar-refractivity contribution < 1.29 is 21.9 Å². The van der Waals surface area contributed by atoms with Gasteiger partial charge in [-0.3, -0.25) is 9.59 Å². The standard InChI is InChI=1S/C15H30N2O4.2C2H6.2H2/c1-11(2)13(15(19)17-6-8-20-5)10-14(18)16-7-9-21-12(3)4;2*1-2;;/h11-13H,6-10H2,1-5H3,(H,16,18)(H,17,19);2*1-2H3;2*1H. The van der Waals surface area contributed by atoms with Crippen molar-refractivity contribution in [1.82, 2.24) is 10.6 Å². The van der Waals surface area contributed by atoms with Crippen molar-refractivity contribution in [3.63, 3.8) is 0 Å². The van der Waals surface area contributed by atoms with E-state index in [-0.39, 0.29) is 39.0 Å². The van der Waals surface area contributed by atoms with Crippen LogP contribution in [0, 0.1) is 11.8 Å². The van der Waals surface area contributed by atoms with E-state index < -0.39 is 0 Å². The predicted octanol–water partition coefficient (Wildman–Crippen LogP) is 3.50. The molecule has 0 rings (SSSR count). The van der Waals surface area contributed by atoms with Crippen LogP contribution < -0.4 is 10.6 Å². The van der Waals surface area contributed by atoms with Crippen molar-refractivity contribution in [3.05, 3.63) is 0 Å². The Hall–Kier alpha value is -1.14. The Morgan fingerprint density at radius 3 is 1.88 bits per heavy atom. The first-order chi connectivity index (χ1) is 11.9. The summed E-state index contributed by atoms with van der Waals surface area (Å²) in [5.74, 6) is -0.448. The van der Waals surface area contributed by atoms with Gasteiger partial charge in [0.15, 0.2) is 0 Å². The molecule has 0 aromatic rings. The van der Waals surface area contributed by atoms with Gasteiger partial charge >= 0.3 is 0 Å². The topological polar surface area (TPSA) is 76.7 Å². The second-order valence-corrected chi connectivity index (χ2v) is 5.61. The lowest BCUT2D eigenvalue weighted by molar-refractivity contribution is -0.131. The zero-order chi connectivity index (χ0) is 20.3. The van der Waals surface area contributed by atoms with Crippen LogP contribution in [0.25, 0.3) is 0 Å². The van der Waals surface area contributed by atoms with Gasteiger partial charge in [0.1, 0.15) is 0 Å². The van der Waals surface area contributed by atoms with Gasteiger partial charge in [0.2, 0.25) is 11.8 Å². The summed E-state index contributed by atoms with van der Waals surface area (Å²) in [6.07, 6.45) is 0.343. The summed E-state index contributed by atoms with van der Waals surface area (Å²) in [6, 6.07) is 0. The van der Waals surface area contributed by atoms with E-state index in [0.717, 1.165) is 0 Å². The summed E-state index contributed by atoms with van der Waals surface area (Å²) in [4.78, 5) is 23.9. The van der Waals surface area contributed by atoms with E-state index in [0.29, 0.717) is 26.3 Å². The van der Waals surface area contributed by atoms with E-state index in [9.17, 15) is 9.59 Å². The molecular formula is C19H46N2O4.